The van der Waals surface area contributed by atoms with Crippen LogP contribution in [-0.4, -0.2) is 16.1 Å². The number of hydrogen-bond acceptors (Lipinski definition) is 3. The minimum absolute atomic E-state index is 0.0589. The third kappa shape index (κ3) is 2.82. The van der Waals surface area contributed by atoms with Crippen LogP contribution in [0.3, 0.4) is 0 Å². The van der Waals surface area contributed by atoms with Crippen molar-refractivity contribution in [3.8, 4) is 11.6 Å². The third-order valence-electron chi connectivity index (χ3n) is 2.42. The number of carboxylic acids is 1. The number of aryl methyl sites for hydroxylation is 1. The molecule has 0 fully saturated rings. The van der Waals surface area contributed by atoms with Crippen molar-refractivity contribution in [1.82, 2.24) is 4.98 Å². The first kappa shape index (κ1) is 13.3. The first-order valence-electron chi connectivity index (χ1n) is 5.32. The molecule has 0 amide bonds. The van der Waals surface area contributed by atoms with Gasteiger partial charge in [-0.1, -0.05) is 17.7 Å². The van der Waals surface area contributed by atoms with E-state index in [-0.39, 0.29) is 27.9 Å². The van der Waals surface area contributed by atoms with Gasteiger partial charge in [-0.25, -0.2) is 14.2 Å². The van der Waals surface area contributed by atoms with Crippen LogP contribution in [-0.2, 0) is 0 Å². The van der Waals surface area contributed by atoms with Crippen molar-refractivity contribution < 1.29 is 19.0 Å². The Labute approximate surface area is 113 Å². The zero-order valence-corrected chi connectivity index (χ0v) is 10.6. The van der Waals surface area contributed by atoms with Gasteiger partial charge in [-0.15, -0.1) is 0 Å². The van der Waals surface area contributed by atoms with E-state index in [1.165, 1.54) is 31.2 Å². The number of hydrogen-bond donors (Lipinski definition) is 1. The Morgan fingerprint density at radius 3 is 2.74 bits per heavy atom. The molecule has 4 nitrogen and oxygen atoms in total. The summed E-state index contributed by atoms with van der Waals surface area (Å²) >= 11 is 5.62. The second kappa shape index (κ2) is 5.24. The minimum Gasteiger partial charge on any atom is -0.478 e. The van der Waals surface area contributed by atoms with Crippen LogP contribution in [0.5, 0.6) is 11.6 Å². The first-order chi connectivity index (χ1) is 8.99. The summed E-state index contributed by atoms with van der Waals surface area (Å²) in [6.07, 6.45) is 0. The summed E-state index contributed by atoms with van der Waals surface area (Å²) < 4.78 is 18.9. The molecule has 1 aromatic heterocycles. The highest BCUT2D eigenvalue weighted by molar-refractivity contribution is 6.30. The number of rotatable bonds is 3. The Hall–Kier alpha value is -2.14. The van der Waals surface area contributed by atoms with Crippen LogP contribution in [0.15, 0.2) is 30.3 Å². The summed E-state index contributed by atoms with van der Waals surface area (Å²) in [4.78, 5) is 14.8. The second-order valence-electron chi connectivity index (χ2n) is 3.74. The van der Waals surface area contributed by atoms with Gasteiger partial charge in [0.05, 0.1) is 16.3 Å². The maximum absolute atomic E-state index is 13.6. The first-order valence-corrected chi connectivity index (χ1v) is 5.69. The van der Waals surface area contributed by atoms with Gasteiger partial charge in [0.25, 0.3) is 0 Å². The molecule has 0 aliphatic carbocycles. The highest BCUT2D eigenvalue weighted by Crippen LogP contribution is 2.28. The quantitative estimate of drug-likeness (QED) is 0.932. The third-order valence-corrected chi connectivity index (χ3v) is 2.71. The van der Waals surface area contributed by atoms with Gasteiger partial charge in [-0.3, -0.25) is 0 Å². The van der Waals surface area contributed by atoms with Gasteiger partial charge in [0.1, 0.15) is 0 Å². The summed E-state index contributed by atoms with van der Waals surface area (Å²) in [6, 6.07) is 7.05. The van der Waals surface area contributed by atoms with E-state index in [1.807, 2.05) is 0 Å². The van der Waals surface area contributed by atoms with Crippen molar-refractivity contribution >= 4 is 17.6 Å². The molecule has 2 aromatic rings. The number of pyridine rings is 1. The van der Waals surface area contributed by atoms with Crippen LogP contribution >= 0.6 is 11.6 Å². The zero-order chi connectivity index (χ0) is 14.0. The van der Waals surface area contributed by atoms with E-state index < -0.39 is 11.8 Å². The fraction of sp³-hybridized carbons (Fsp3) is 0.0769. The lowest BCUT2D eigenvalue weighted by Crippen LogP contribution is -2.02. The summed E-state index contributed by atoms with van der Waals surface area (Å²) in [7, 11) is 0. The van der Waals surface area contributed by atoms with E-state index in [1.54, 1.807) is 6.07 Å². The highest BCUT2D eigenvalue weighted by atomic mass is 35.5. The Morgan fingerprint density at radius 2 is 2.11 bits per heavy atom. The van der Waals surface area contributed by atoms with Crippen LogP contribution in [0.4, 0.5) is 4.39 Å². The van der Waals surface area contributed by atoms with Crippen molar-refractivity contribution in [2.24, 2.45) is 0 Å². The molecular weight excluding hydrogens is 273 g/mol. The lowest BCUT2D eigenvalue weighted by Gasteiger charge is -2.08. The van der Waals surface area contributed by atoms with Crippen LogP contribution in [0, 0.1) is 12.7 Å². The Kier molecular flexibility index (Phi) is 3.66. The normalized spacial score (nSPS) is 10.3. The highest BCUT2D eigenvalue weighted by Gasteiger charge is 2.12. The van der Waals surface area contributed by atoms with Gasteiger partial charge in [0.15, 0.2) is 11.6 Å². The molecule has 0 atom stereocenters. The molecule has 6 heteroatoms. The Bertz CT molecular complexity index is 646. The van der Waals surface area contributed by atoms with Crippen molar-refractivity contribution in [3.05, 3.63) is 52.4 Å². The van der Waals surface area contributed by atoms with Crippen molar-refractivity contribution in [2.45, 2.75) is 6.92 Å². The van der Waals surface area contributed by atoms with Gasteiger partial charge >= 0.3 is 5.97 Å². The molecule has 0 saturated heterocycles. The molecular formula is C13H9ClFNO3. The number of aromatic carboxylic acids is 1. The van der Waals surface area contributed by atoms with Gasteiger partial charge in [0.2, 0.25) is 5.88 Å². The van der Waals surface area contributed by atoms with E-state index in [0.717, 1.165) is 0 Å². The molecule has 1 aromatic carbocycles. The predicted octanol–water partition coefficient (Wildman–Crippen LogP) is 3.67. The van der Waals surface area contributed by atoms with E-state index in [2.05, 4.69) is 4.98 Å². The standard InChI is InChI=1S/C13H9ClFNO3/c1-7-8(13(17)18)5-6-11(16-7)19-10-4-2-3-9(14)12(10)15/h2-6H,1H3,(H,17,18). The molecule has 19 heavy (non-hydrogen) atoms. The maximum atomic E-state index is 13.6. The summed E-state index contributed by atoms with van der Waals surface area (Å²) in [5.74, 6) is -1.73. The summed E-state index contributed by atoms with van der Waals surface area (Å²) in [5, 5.41) is 8.81. The van der Waals surface area contributed by atoms with Crippen LogP contribution in [0.2, 0.25) is 5.02 Å². The fourth-order valence-corrected chi connectivity index (χ4v) is 1.66. The van der Waals surface area contributed by atoms with Gasteiger partial charge in [-0.2, -0.15) is 0 Å². The minimum atomic E-state index is -1.08. The molecule has 98 valence electrons. The van der Waals surface area contributed by atoms with Crippen LogP contribution in [0.1, 0.15) is 16.1 Å². The average molecular weight is 282 g/mol. The molecule has 0 bridgehead atoms. The number of carbonyl (C=O) groups is 1. The zero-order valence-electron chi connectivity index (χ0n) is 9.85. The largest absolute Gasteiger partial charge is 0.478 e. The topological polar surface area (TPSA) is 59.4 Å². The smallest absolute Gasteiger partial charge is 0.337 e. The lowest BCUT2D eigenvalue weighted by molar-refractivity contribution is 0.0695. The van der Waals surface area contributed by atoms with E-state index in [0.29, 0.717) is 0 Å². The second-order valence-corrected chi connectivity index (χ2v) is 4.15. The van der Waals surface area contributed by atoms with Crippen LogP contribution < -0.4 is 4.74 Å². The fourth-order valence-electron chi connectivity index (χ4n) is 1.50. The van der Waals surface area contributed by atoms with Crippen molar-refractivity contribution in [1.29, 1.82) is 0 Å². The molecule has 1 heterocycles. The molecule has 0 aliphatic rings. The van der Waals surface area contributed by atoms with Gasteiger partial charge in [0, 0.05) is 6.07 Å². The number of ether oxygens (including phenoxy) is 1. The number of carboxylic acid groups (broad SMARTS) is 1. The average Bonchev–Trinajstić information content (AvgIpc) is 2.34. The number of halogens is 2. The van der Waals surface area contributed by atoms with Gasteiger partial charge < -0.3 is 9.84 Å². The summed E-state index contributed by atoms with van der Waals surface area (Å²) in [5.41, 5.74) is 0.353. The number of benzene rings is 1. The van der Waals surface area contributed by atoms with Crippen molar-refractivity contribution in [2.75, 3.05) is 0 Å². The van der Waals surface area contributed by atoms with Gasteiger partial charge in [-0.05, 0) is 25.1 Å². The molecule has 2 rings (SSSR count). The van der Waals surface area contributed by atoms with E-state index in [4.69, 9.17) is 21.4 Å². The van der Waals surface area contributed by atoms with E-state index >= 15 is 0 Å². The monoisotopic (exact) mass is 281 g/mol. The Morgan fingerprint density at radius 1 is 1.37 bits per heavy atom. The van der Waals surface area contributed by atoms with Crippen molar-refractivity contribution in [3.63, 3.8) is 0 Å². The molecule has 0 radical (unpaired) electrons. The lowest BCUT2D eigenvalue weighted by atomic mass is 10.2. The molecule has 1 N–H and O–H groups in total. The molecule has 0 saturated carbocycles. The SMILES string of the molecule is Cc1nc(Oc2cccc(Cl)c2F)ccc1C(=O)O. The molecule has 0 unspecified atom stereocenters. The predicted molar refractivity (Wildman–Crippen MR) is 67.4 cm³/mol. The number of aromatic nitrogens is 1. The summed E-state index contributed by atoms with van der Waals surface area (Å²) in [6.45, 7) is 1.53. The molecule has 0 aliphatic heterocycles. The maximum Gasteiger partial charge on any atom is 0.337 e. The van der Waals surface area contributed by atoms with E-state index in [9.17, 15) is 9.18 Å². The molecule has 0 spiro atoms. The van der Waals surface area contributed by atoms with Crippen LogP contribution in [0.25, 0.3) is 0 Å². The Balaban J connectivity index is 2.32. The number of nitrogens with zero attached hydrogens (tertiary/aromatic N) is 1.